The summed E-state index contributed by atoms with van der Waals surface area (Å²) in [4.78, 5) is 24.2. The minimum Gasteiger partial charge on any atom is -0.321 e. The minimum absolute atomic E-state index is 0.0369. The smallest absolute Gasteiger partial charge is 0.321 e. The zero-order chi connectivity index (χ0) is 8.72. The first kappa shape index (κ1) is 7.58. The molecule has 0 aliphatic carbocycles. The summed E-state index contributed by atoms with van der Waals surface area (Å²) in [6, 6.07) is -0.0492. The Morgan fingerprint density at radius 3 is 3.00 bits per heavy atom. The van der Waals surface area contributed by atoms with Crippen LogP contribution in [0.5, 0.6) is 0 Å². The number of amides is 3. The maximum absolute atomic E-state index is 11.2. The van der Waals surface area contributed by atoms with E-state index in [0.29, 0.717) is 0 Å². The molecule has 0 aromatic carbocycles. The van der Waals surface area contributed by atoms with E-state index in [9.17, 15) is 9.59 Å². The number of urea groups is 1. The Morgan fingerprint density at radius 2 is 2.25 bits per heavy atom. The molecule has 0 unspecified atom stereocenters. The molecule has 2 heterocycles. The highest BCUT2D eigenvalue weighted by molar-refractivity contribution is 5.98. The Kier molecular flexibility index (Phi) is 1.56. The summed E-state index contributed by atoms with van der Waals surface area (Å²) in [7, 11) is 0. The van der Waals surface area contributed by atoms with E-state index in [1.165, 1.54) is 0 Å². The number of fused-ring (bicyclic) bond motifs is 1. The third-order valence-corrected chi connectivity index (χ3v) is 2.78. The molecule has 2 aliphatic rings. The average molecular weight is 168 g/mol. The van der Waals surface area contributed by atoms with Crippen LogP contribution in [0.25, 0.3) is 0 Å². The van der Waals surface area contributed by atoms with Crippen LogP contribution in [0.15, 0.2) is 0 Å². The van der Waals surface area contributed by atoms with Crippen molar-refractivity contribution >= 4 is 11.9 Å². The van der Waals surface area contributed by atoms with E-state index in [-0.39, 0.29) is 23.9 Å². The molecule has 3 amide bonds. The fraction of sp³-hybridized carbons (Fsp3) is 0.750. The van der Waals surface area contributed by atoms with Gasteiger partial charge in [-0.05, 0) is 12.8 Å². The Hall–Kier alpha value is -1.06. The van der Waals surface area contributed by atoms with Crippen molar-refractivity contribution in [2.75, 3.05) is 6.54 Å². The number of imide groups is 1. The van der Waals surface area contributed by atoms with Crippen LogP contribution in [0.4, 0.5) is 4.79 Å². The molecule has 4 nitrogen and oxygen atoms in total. The Balaban J connectivity index is 2.23. The fourth-order valence-corrected chi connectivity index (χ4v) is 2.03. The molecular formula is C8H12N2O2. The first-order valence-electron chi connectivity index (χ1n) is 4.31. The van der Waals surface area contributed by atoms with Gasteiger partial charge < -0.3 is 4.90 Å². The summed E-state index contributed by atoms with van der Waals surface area (Å²) in [6.07, 6.45) is 2.00. The van der Waals surface area contributed by atoms with Gasteiger partial charge in [0.05, 0.1) is 5.92 Å². The molecule has 0 radical (unpaired) electrons. The SMILES string of the molecule is C[C@H]1C(=O)NC(=O)N2CCC[C@H]12. The van der Waals surface area contributed by atoms with Crippen molar-refractivity contribution in [3.63, 3.8) is 0 Å². The van der Waals surface area contributed by atoms with Gasteiger partial charge in [0.1, 0.15) is 0 Å². The monoisotopic (exact) mass is 168 g/mol. The lowest BCUT2D eigenvalue weighted by atomic mass is 9.97. The number of carbonyl (C=O) groups excluding carboxylic acids is 2. The second kappa shape index (κ2) is 2.47. The predicted molar refractivity (Wildman–Crippen MR) is 42.4 cm³/mol. The molecule has 66 valence electrons. The lowest BCUT2D eigenvalue weighted by Crippen LogP contribution is -2.56. The summed E-state index contributed by atoms with van der Waals surface area (Å²) in [6.45, 7) is 2.68. The van der Waals surface area contributed by atoms with Crippen LogP contribution < -0.4 is 5.32 Å². The second-order valence-electron chi connectivity index (χ2n) is 3.49. The van der Waals surface area contributed by atoms with Crippen molar-refractivity contribution in [1.29, 1.82) is 0 Å². The van der Waals surface area contributed by atoms with Gasteiger partial charge in [0.25, 0.3) is 0 Å². The molecular weight excluding hydrogens is 156 g/mol. The molecule has 4 heteroatoms. The van der Waals surface area contributed by atoms with Crippen molar-refractivity contribution in [3.05, 3.63) is 0 Å². The van der Waals surface area contributed by atoms with E-state index >= 15 is 0 Å². The molecule has 2 rings (SSSR count). The summed E-state index contributed by atoms with van der Waals surface area (Å²) in [5.41, 5.74) is 0. The molecule has 0 spiro atoms. The van der Waals surface area contributed by atoms with Gasteiger partial charge in [-0.3, -0.25) is 10.1 Å². The van der Waals surface area contributed by atoms with Gasteiger partial charge in [-0.15, -0.1) is 0 Å². The van der Waals surface area contributed by atoms with Crippen molar-refractivity contribution in [1.82, 2.24) is 10.2 Å². The zero-order valence-corrected chi connectivity index (χ0v) is 7.04. The van der Waals surface area contributed by atoms with Crippen LogP contribution in [0, 0.1) is 5.92 Å². The lowest BCUT2D eigenvalue weighted by molar-refractivity contribution is -0.126. The minimum atomic E-state index is -0.208. The molecule has 0 saturated carbocycles. The molecule has 2 fully saturated rings. The quantitative estimate of drug-likeness (QED) is 0.567. The van der Waals surface area contributed by atoms with Crippen molar-refractivity contribution < 1.29 is 9.59 Å². The van der Waals surface area contributed by atoms with E-state index in [1.54, 1.807) is 4.90 Å². The largest absolute Gasteiger partial charge is 0.324 e. The van der Waals surface area contributed by atoms with Crippen LogP contribution in [-0.2, 0) is 4.79 Å². The van der Waals surface area contributed by atoms with Crippen LogP contribution in [0.1, 0.15) is 19.8 Å². The second-order valence-corrected chi connectivity index (χ2v) is 3.49. The predicted octanol–water partition coefficient (Wildman–Crippen LogP) is 0.337. The maximum atomic E-state index is 11.2. The van der Waals surface area contributed by atoms with Gasteiger partial charge in [-0.2, -0.15) is 0 Å². The number of hydrogen-bond donors (Lipinski definition) is 1. The van der Waals surface area contributed by atoms with E-state index in [2.05, 4.69) is 5.32 Å². The maximum Gasteiger partial charge on any atom is 0.324 e. The zero-order valence-electron chi connectivity index (χ0n) is 7.04. The van der Waals surface area contributed by atoms with Crippen LogP contribution in [-0.4, -0.2) is 29.4 Å². The van der Waals surface area contributed by atoms with Crippen LogP contribution in [0.3, 0.4) is 0 Å². The standard InChI is InChI=1S/C8H12N2O2/c1-5-6-3-2-4-10(6)8(12)9-7(5)11/h5-6H,2-4H2,1H3,(H,9,11,12)/t5-,6-/m1/s1. The average Bonchev–Trinajstić information content (AvgIpc) is 2.48. The topological polar surface area (TPSA) is 49.4 Å². The van der Waals surface area contributed by atoms with Crippen LogP contribution in [0.2, 0.25) is 0 Å². The van der Waals surface area contributed by atoms with Crippen molar-refractivity contribution in [2.45, 2.75) is 25.8 Å². The number of nitrogens with zero attached hydrogens (tertiary/aromatic N) is 1. The fourth-order valence-electron chi connectivity index (χ4n) is 2.03. The third-order valence-electron chi connectivity index (χ3n) is 2.78. The summed E-state index contributed by atoms with van der Waals surface area (Å²) >= 11 is 0. The van der Waals surface area contributed by atoms with Crippen molar-refractivity contribution in [3.8, 4) is 0 Å². The molecule has 12 heavy (non-hydrogen) atoms. The lowest BCUT2D eigenvalue weighted by Gasteiger charge is -2.33. The van der Waals surface area contributed by atoms with Crippen molar-refractivity contribution in [2.24, 2.45) is 5.92 Å². The molecule has 2 atom stereocenters. The molecule has 2 saturated heterocycles. The molecule has 0 aromatic heterocycles. The van der Waals surface area contributed by atoms with E-state index in [1.807, 2.05) is 6.92 Å². The third kappa shape index (κ3) is 0.906. The first-order chi connectivity index (χ1) is 5.70. The molecule has 0 bridgehead atoms. The van der Waals surface area contributed by atoms with Gasteiger partial charge in [0.15, 0.2) is 0 Å². The Morgan fingerprint density at radius 1 is 1.50 bits per heavy atom. The highest BCUT2D eigenvalue weighted by Crippen LogP contribution is 2.26. The van der Waals surface area contributed by atoms with Gasteiger partial charge >= 0.3 is 6.03 Å². The highest BCUT2D eigenvalue weighted by atomic mass is 16.2. The van der Waals surface area contributed by atoms with Gasteiger partial charge in [0.2, 0.25) is 5.91 Å². The van der Waals surface area contributed by atoms with Gasteiger partial charge in [-0.25, -0.2) is 4.79 Å². The number of rotatable bonds is 0. The number of carbonyl (C=O) groups is 2. The van der Waals surface area contributed by atoms with E-state index in [0.717, 1.165) is 19.4 Å². The van der Waals surface area contributed by atoms with Gasteiger partial charge in [-0.1, -0.05) is 6.92 Å². The molecule has 0 aromatic rings. The van der Waals surface area contributed by atoms with E-state index in [4.69, 9.17) is 0 Å². The normalized spacial score (nSPS) is 34.9. The Labute approximate surface area is 70.9 Å². The Bertz CT molecular complexity index is 239. The highest BCUT2D eigenvalue weighted by Gasteiger charge is 2.40. The summed E-state index contributed by atoms with van der Waals surface area (Å²) < 4.78 is 0. The summed E-state index contributed by atoms with van der Waals surface area (Å²) in [5.74, 6) is -0.159. The number of nitrogens with one attached hydrogen (secondary N) is 1. The van der Waals surface area contributed by atoms with Crippen LogP contribution >= 0.6 is 0 Å². The summed E-state index contributed by atoms with van der Waals surface area (Å²) in [5, 5.41) is 2.35. The first-order valence-corrected chi connectivity index (χ1v) is 4.31. The van der Waals surface area contributed by atoms with Gasteiger partial charge in [0, 0.05) is 12.6 Å². The number of hydrogen-bond acceptors (Lipinski definition) is 2. The van der Waals surface area contributed by atoms with E-state index < -0.39 is 0 Å². The molecule has 2 aliphatic heterocycles. The molecule has 1 N–H and O–H groups in total.